The van der Waals surface area contributed by atoms with E-state index in [1.54, 1.807) is 17.0 Å². The average molecular weight is 716 g/mol. The van der Waals surface area contributed by atoms with Crippen molar-refractivity contribution in [2.45, 2.75) is 57.0 Å². The van der Waals surface area contributed by atoms with Gasteiger partial charge in [0.2, 0.25) is 5.82 Å². The molecular weight excluding hydrogens is 679 g/mol. The third-order valence-electron chi connectivity index (χ3n) is 8.90. The number of halogens is 4. The van der Waals surface area contributed by atoms with E-state index >= 15 is 0 Å². The van der Waals surface area contributed by atoms with Crippen molar-refractivity contribution in [1.82, 2.24) is 15.1 Å². The van der Waals surface area contributed by atoms with Gasteiger partial charge < -0.3 is 35.2 Å². The van der Waals surface area contributed by atoms with Crippen LogP contribution in [-0.2, 0) is 27.3 Å². The first-order chi connectivity index (χ1) is 23.9. The number of nitrogens with one attached hydrogen (secondary N) is 1. The van der Waals surface area contributed by atoms with Crippen molar-refractivity contribution in [2.24, 2.45) is 0 Å². The summed E-state index contributed by atoms with van der Waals surface area (Å²) in [7, 11) is 0. The van der Waals surface area contributed by atoms with E-state index in [1.807, 2.05) is 43.3 Å². The SMILES string of the molecule is CCN(Cc1ccccc1Cl)C(=O)C1=C(c2ccc(CCCOc3c(F)ccc(F)c3F)cc2)C[C@@H]2CN(C(=O)[C@@H](O)[C@@H](O)C(=O)O)C[C@H]1N2. The average Bonchev–Trinajstić information content (AvgIpc) is 3.11. The van der Waals surface area contributed by atoms with Crippen LogP contribution < -0.4 is 10.1 Å². The molecule has 10 nitrogen and oxygen atoms in total. The van der Waals surface area contributed by atoms with E-state index < -0.39 is 53.3 Å². The van der Waals surface area contributed by atoms with E-state index in [0.717, 1.165) is 28.3 Å². The minimum absolute atomic E-state index is 0.0520. The van der Waals surface area contributed by atoms with E-state index in [0.29, 0.717) is 42.5 Å². The van der Waals surface area contributed by atoms with Crippen molar-refractivity contribution < 1.29 is 47.6 Å². The number of ether oxygens (including phenoxy) is 1. The molecule has 2 amide bonds. The largest absolute Gasteiger partial charge is 0.488 e. The minimum Gasteiger partial charge on any atom is -0.488 e. The van der Waals surface area contributed by atoms with Gasteiger partial charge in [-0.15, -0.1) is 0 Å². The predicted octanol–water partition coefficient (Wildman–Crippen LogP) is 3.95. The number of aliphatic carboxylic acids is 1. The number of aliphatic hydroxyl groups excluding tert-OH is 2. The number of hydrogen-bond donors (Lipinski definition) is 4. The third-order valence-corrected chi connectivity index (χ3v) is 9.27. The molecule has 1 saturated heterocycles. The Labute approximate surface area is 291 Å². The van der Waals surface area contributed by atoms with Crippen LogP contribution in [0.25, 0.3) is 5.57 Å². The van der Waals surface area contributed by atoms with Crippen LogP contribution in [0.3, 0.4) is 0 Å². The molecule has 0 spiro atoms. The van der Waals surface area contributed by atoms with Gasteiger partial charge in [-0.2, -0.15) is 4.39 Å². The Morgan fingerprint density at radius 3 is 2.38 bits per heavy atom. The first-order valence-electron chi connectivity index (χ1n) is 16.1. The maximum absolute atomic E-state index is 14.4. The third kappa shape index (κ3) is 8.13. The van der Waals surface area contributed by atoms with Crippen LogP contribution in [0.2, 0.25) is 5.02 Å². The van der Waals surface area contributed by atoms with Crippen LogP contribution in [-0.4, -0.2) is 93.4 Å². The summed E-state index contributed by atoms with van der Waals surface area (Å²) in [6.45, 7) is 2.39. The fourth-order valence-electron chi connectivity index (χ4n) is 6.30. The summed E-state index contributed by atoms with van der Waals surface area (Å²) < 4.78 is 46.5. The van der Waals surface area contributed by atoms with E-state index in [1.165, 1.54) is 4.90 Å². The zero-order valence-corrected chi connectivity index (χ0v) is 27.9. The van der Waals surface area contributed by atoms with E-state index in [2.05, 4.69) is 5.32 Å². The van der Waals surface area contributed by atoms with E-state index in [-0.39, 0.29) is 38.2 Å². The molecule has 1 fully saturated rings. The summed E-state index contributed by atoms with van der Waals surface area (Å²) in [6.07, 6.45) is -3.29. The fourth-order valence-corrected chi connectivity index (χ4v) is 6.49. The maximum Gasteiger partial charge on any atom is 0.335 e. The van der Waals surface area contributed by atoms with Gasteiger partial charge in [0.15, 0.2) is 29.6 Å². The number of hydrogen-bond acceptors (Lipinski definition) is 7. The fraction of sp³-hybridized carbons (Fsp3) is 0.361. The summed E-state index contributed by atoms with van der Waals surface area (Å²) in [4.78, 5) is 41.6. The predicted molar refractivity (Wildman–Crippen MR) is 178 cm³/mol. The monoisotopic (exact) mass is 715 g/mol. The molecule has 0 aromatic heterocycles. The molecule has 4 atom stereocenters. The maximum atomic E-state index is 14.4. The zero-order chi connectivity index (χ0) is 36.1. The van der Waals surface area contributed by atoms with Gasteiger partial charge >= 0.3 is 5.97 Å². The second-order valence-electron chi connectivity index (χ2n) is 12.2. The highest BCUT2D eigenvalue weighted by Crippen LogP contribution is 2.35. The molecule has 2 bridgehead atoms. The normalized spacial score (nSPS) is 18.4. The lowest BCUT2D eigenvalue weighted by Crippen LogP contribution is -2.64. The standard InChI is InChI=1S/C36H37ClF3N3O7/c1-2-42(17-22-7-3-4-8-25(22)37)34(46)29-24(16-23-18-43(19-28(29)41-23)35(47)31(44)32(45)36(48)49)21-11-9-20(10-12-21)6-5-15-50-33-27(39)14-13-26(38)30(33)40/h3-4,7-14,23,28,31-32,41,44-45H,2,5-6,15-19H2,1H3,(H,48,49)/t23-,28-,31+,32-/m1/s1. The number of amides is 2. The molecule has 0 radical (unpaired) electrons. The number of rotatable bonds is 13. The zero-order valence-electron chi connectivity index (χ0n) is 27.1. The molecule has 5 rings (SSSR count). The van der Waals surface area contributed by atoms with Gasteiger partial charge in [-0.3, -0.25) is 9.59 Å². The van der Waals surface area contributed by atoms with E-state index in [9.17, 15) is 37.8 Å². The summed E-state index contributed by atoms with van der Waals surface area (Å²) >= 11 is 6.42. The summed E-state index contributed by atoms with van der Waals surface area (Å²) in [5, 5.41) is 33.1. The van der Waals surface area contributed by atoms with Crippen LogP contribution in [0.15, 0.2) is 66.2 Å². The molecule has 2 heterocycles. The first-order valence-corrected chi connectivity index (χ1v) is 16.5. The number of likely N-dealkylation sites (N-methyl/N-ethyl adjacent to an activating group) is 1. The van der Waals surface area contributed by atoms with Gasteiger partial charge in [0.1, 0.15) is 0 Å². The molecule has 3 aromatic rings. The van der Waals surface area contributed by atoms with E-state index in [4.69, 9.17) is 21.4 Å². The highest BCUT2D eigenvalue weighted by Gasteiger charge is 2.43. The molecule has 0 saturated carbocycles. The second-order valence-corrected chi connectivity index (χ2v) is 12.6. The number of carboxylic acid groups (broad SMARTS) is 1. The smallest absolute Gasteiger partial charge is 0.335 e. The molecular formula is C36H37ClF3N3O7. The van der Waals surface area contributed by atoms with Crippen LogP contribution in [0.1, 0.15) is 36.5 Å². The molecule has 14 heteroatoms. The molecule has 0 aliphatic carbocycles. The van der Waals surface area contributed by atoms with Crippen molar-refractivity contribution in [2.75, 3.05) is 26.2 Å². The lowest BCUT2D eigenvalue weighted by Gasteiger charge is -2.45. The highest BCUT2D eigenvalue weighted by molar-refractivity contribution is 6.31. The van der Waals surface area contributed by atoms with Crippen LogP contribution in [0, 0.1) is 17.5 Å². The van der Waals surface area contributed by atoms with Crippen molar-refractivity contribution in [3.8, 4) is 5.75 Å². The van der Waals surface area contributed by atoms with Crippen LogP contribution in [0.5, 0.6) is 5.75 Å². The first kappa shape index (κ1) is 36.8. The van der Waals surface area contributed by atoms with Gasteiger partial charge in [0.05, 0.1) is 12.6 Å². The Kier molecular flexibility index (Phi) is 11.8. The second kappa shape index (κ2) is 16.1. The van der Waals surface area contributed by atoms with Crippen LogP contribution >= 0.6 is 11.6 Å². The van der Waals surface area contributed by atoms with Gasteiger partial charge in [-0.1, -0.05) is 54.1 Å². The summed E-state index contributed by atoms with van der Waals surface area (Å²) in [5.41, 5.74) is 3.56. The Hall–Kier alpha value is -4.43. The molecule has 2 aliphatic heterocycles. The lowest BCUT2D eigenvalue weighted by molar-refractivity contribution is -0.163. The number of fused-ring (bicyclic) bond motifs is 2. The van der Waals surface area contributed by atoms with Crippen molar-refractivity contribution >= 4 is 35.0 Å². The number of carbonyl (C=O) groups is 3. The Morgan fingerprint density at radius 1 is 1.00 bits per heavy atom. The molecule has 50 heavy (non-hydrogen) atoms. The molecule has 266 valence electrons. The summed E-state index contributed by atoms with van der Waals surface area (Å²) in [5.74, 6) is -7.32. The number of carbonyl (C=O) groups excluding carboxylic acids is 2. The van der Waals surface area contributed by atoms with Gasteiger partial charge in [0, 0.05) is 42.8 Å². The lowest BCUT2D eigenvalue weighted by atomic mass is 9.82. The quantitative estimate of drug-likeness (QED) is 0.154. The highest BCUT2D eigenvalue weighted by atomic mass is 35.5. The molecule has 3 aromatic carbocycles. The van der Waals surface area contributed by atoms with Gasteiger partial charge in [-0.05, 0) is 66.6 Å². The van der Waals surface area contributed by atoms with Crippen LogP contribution in [0.4, 0.5) is 13.2 Å². The number of piperazine rings is 1. The number of nitrogens with zero attached hydrogens (tertiary/aromatic N) is 2. The summed E-state index contributed by atoms with van der Waals surface area (Å²) in [6, 6.07) is 15.1. The number of aliphatic hydroxyl groups is 2. The topological polar surface area (TPSA) is 140 Å². The Morgan fingerprint density at radius 2 is 1.70 bits per heavy atom. The number of benzene rings is 3. The van der Waals surface area contributed by atoms with Crippen molar-refractivity contribution in [3.63, 3.8) is 0 Å². The Bertz CT molecular complexity index is 1770. The molecule has 0 unspecified atom stereocenters. The molecule has 4 N–H and O–H groups in total. The number of carboxylic acids is 1. The van der Waals surface area contributed by atoms with Gasteiger partial charge in [0.25, 0.3) is 11.8 Å². The van der Waals surface area contributed by atoms with Gasteiger partial charge in [-0.25, -0.2) is 13.6 Å². The van der Waals surface area contributed by atoms with Crippen molar-refractivity contribution in [1.29, 1.82) is 0 Å². The van der Waals surface area contributed by atoms with Crippen molar-refractivity contribution in [3.05, 3.63) is 105 Å². The Balaban J connectivity index is 1.39. The minimum atomic E-state index is -2.30. The molecule has 2 aliphatic rings. The number of aryl methyl sites for hydroxylation is 1.